The Labute approximate surface area is 152 Å². The summed E-state index contributed by atoms with van der Waals surface area (Å²) in [5.41, 5.74) is 1.51. The van der Waals surface area contributed by atoms with Gasteiger partial charge in [-0.1, -0.05) is 41.7 Å². The minimum absolute atomic E-state index is 0.328. The van der Waals surface area contributed by atoms with Crippen LogP contribution in [0, 0.1) is 0 Å². The molecular weight excluding hydrogens is 350 g/mol. The van der Waals surface area contributed by atoms with Gasteiger partial charge in [-0.2, -0.15) is 5.10 Å². The van der Waals surface area contributed by atoms with E-state index in [1.165, 1.54) is 28.7 Å². The van der Waals surface area contributed by atoms with Gasteiger partial charge < -0.3 is 0 Å². The van der Waals surface area contributed by atoms with Crippen molar-refractivity contribution in [2.24, 2.45) is 0 Å². The van der Waals surface area contributed by atoms with Crippen molar-refractivity contribution < 1.29 is 4.79 Å². The lowest BCUT2D eigenvalue weighted by molar-refractivity contribution is 0.102. The van der Waals surface area contributed by atoms with E-state index < -0.39 is 0 Å². The second-order valence-corrected chi connectivity index (χ2v) is 6.39. The second-order valence-electron chi connectivity index (χ2n) is 5.33. The van der Waals surface area contributed by atoms with E-state index in [0.29, 0.717) is 22.9 Å². The molecule has 128 valence electrons. The van der Waals surface area contributed by atoms with Crippen LogP contribution in [-0.2, 0) is 6.42 Å². The highest BCUT2D eigenvalue weighted by molar-refractivity contribution is 7.15. The molecule has 1 aromatic carbocycles. The van der Waals surface area contributed by atoms with Crippen LogP contribution in [0.1, 0.15) is 20.9 Å². The van der Waals surface area contributed by atoms with E-state index in [1.807, 2.05) is 30.3 Å². The molecule has 0 radical (unpaired) electrons. The maximum absolute atomic E-state index is 12.6. The predicted molar refractivity (Wildman–Crippen MR) is 96.3 cm³/mol. The molecule has 0 bridgehead atoms. The molecule has 3 aromatic heterocycles. The average Bonchev–Trinajstić information content (AvgIpc) is 3.35. The van der Waals surface area contributed by atoms with E-state index in [9.17, 15) is 4.79 Å². The molecule has 0 fully saturated rings. The number of carbonyl (C=O) groups is 1. The zero-order valence-corrected chi connectivity index (χ0v) is 14.3. The van der Waals surface area contributed by atoms with E-state index >= 15 is 0 Å². The molecule has 4 rings (SSSR count). The van der Waals surface area contributed by atoms with Crippen LogP contribution in [0.4, 0.5) is 5.13 Å². The number of hydrogen-bond donors (Lipinski definition) is 1. The SMILES string of the molecule is O=C(Nc1nnc(Cc2ccccc2)s1)c1cccnc1-n1cncn1. The lowest BCUT2D eigenvalue weighted by Gasteiger charge is -2.06. The molecule has 1 amide bonds. The summed E-state index contributed by atoms with van der Waals surface area (Å²) in [7, 11) is 0. The first-order chi connectivity index (χ1) is 12.8. The van der Waals surface area contributed by atoms with Crippen LogP contribution in [0.25, 0.3) is 5.82 Å². The summed E-state index contributed by atoms with van der Waals surface area (Å²) in [5, 5.41) is 16.3. The van der Waals surface area contributed by atoms with Gasteiger partial charge in [0, 0.05) is 12.6 Å². The highest BCUT2D eigenvalue weighted by Gasteiger charge is 2.16. The number of nitrogens with zero attached hydrogens (tertiary/aromatic N) is 6. The lowest BCUT2D eigenvalue weighted by atomic mass is 10.2. The van der Waals surface area contributed by atoms with Gasteiger partial charge >= 0.3 is 0 Å². The number of amides is 1. The molecule has 4 aromatic rings. The van der Waals surface area contributed by atoms with Gasteiger partial charge in [-0.15, -0.1) is 10.2 Å². The summed E-state index contributed by atoms with van der Waals surface area (Å²) in [5.74, 6) is 0.0718. The zero-order chi connectivity index (χ0) is 17.8. The fraction of sp³-hybridized carbons (Fsp3) is 0.0588. The summed E-state index contributed by atoms with van der Waals surface area (Å²) in [6.45, 7) is 0. The fourth-order valence-corrected chi connectivity index (χ4v) is 3.15. The van der Waals surface area contributed by atoms with E-state index in [0.717, 1.165) is 10.6 Å². The highest BCUT2D eigenvalue weighted by Crippen LogP contribution is 2.20. The number of benzene rings is 1. The van der Waals surface area contributed by atoms with E-state index in [4.69, 9.17) is 0 Å². The van der Waals surface area contributed by atoms with Crippen molar-refractivity contribution in [1.29, 1.82) is 0 Å². The van der Waals surface area contributed by atoms with Crippen molar-refractivity contribution >= 4 is 22.4 Å². The smallest absolute Gasteiger partial charge is 0.261 e. The van der Waals surface area contributed by atoms with E-state index in [-0.39, 0.29) is 5.91 Å². The van der Waals surface area contributed by atoms with Gasteiger partial charge in [0.25, 0.3) is 5.91 Å². The maximum atomic E-state index is 12.6. The molecule has 0 spiro atoms. The first-order valence-corrected chi connectivity index (χ1v) is 8.59. The van der Waals surface area contributed by atoms with Gasteiger partial charge in [0.05, 0.1) is 5.56 Å². The first kappa shape index (κ1) is 16.0. The van der Waals surface area contributed by atoms with Gasteiger partial charge in [-0.05, 0) is 17.7 Å². The lowest BCUT2D eigenvalue weighted by Crippen LogP contribution is -2.16. The number of nitrogens with one attached hydrogen (secondary N) is 1. The highest BCUT2D eigenvalue weighted by atomic mass is 32.1. The molecule has 0 aliphatic heterocycles. The van der Waals surface area contributed by atoms with Crippen molar-refractivity contribution in [1.82, 2.24) is 29.9 Å². The minimum atomic E-state index is -0.328. The predicted octanol–water partition coefficient (Wildman–Crippen LogP) is 2.36. The molecule has 0 unspecified atom stereocenters. The molecule has 26 heavy (non-hydrogen) atoms. The van der Waals surface area contributed by atoms with Crippen LogP contribution in [0.15, 0.2) is 61.3 Å². The molecule has 3 heterocycles. The normalized spacial score (nSPS) is 10.6. The van der Waals surface area contributed by atoms with Gasteiger partial charge in [-0.3, -0.25) is 10.1 Å². The Balaban J connectivity index is 1.51. The Morgan fingerprint density at radius 3 is 2.81 bits per heavy atom. The number of hydrogen-bond acceptors (Lipinski definition) is 7. The van der Waals surface area contributed by atoms with Crippen molar-refractivity contribution in [3.63, 3.8) is 0 Å². The molecule has 1 N–H and O–H groups in total. The van der Waals surface area contributed by atoms with Crippen LogP contribution in [0.3, 0.4) is 0 Å². The molecule has 0 aliphatic carbocycles. The molecule has 9 heteroatoms. The van der Waals surface area contributed by atoms with Gasteiger partial charge in [0.15, 0.2) is 5.82 Å². The van der Waals surface area contributed by atoms with Gasteiger partial charge in [0.2, 0.25) is 5.13 Å². The van der Waals surface area contributed by atoms with Crippen molar-refractivity contribution in [3.05, 3.63) is 77.5 Å². The van der Waals surface area contributed by atoms with Gasteiger partial charge in [0.1, 0.15) is 17.7 Å². The van der Waals surface area contributed by atoms with Crippen molar-refractivity contribution in [2.45, 2.75) is 6.42 Å². The number of pyridine rings is 1. The summed E-state index contributed by atoms with van der Waals surface area (Å²) in [6.07, 6.45) is 5.14. The second kappa shape index (κ2) is 7.19. The third kappa shape index (κ3) is 3.47. The van der Waals surface area contributed by atoms with Crippen molar-refractivity contribution in [2.75, 3.05) is 5.32 Å². The quantitative estimate of drug-likeness (QED) is 0.584. The third-order valence-corrected chi connectivity index (χ3v) is 4.39. The van der Waals surface area contributed by atoms with Crippen LogP contribution >= 0.6 is 11.3 Å². The number of aromatic nitrogens is 6. The zero-order valence-electron chi connectivity index (χ0n) is 13.5. The minimum Gasteiger partial charge on any atom is -0.296 e. The summed E-state index contributed by atoms with van der Waals surface area (Å²) in [4.78, 5) is 20.7. The number of anilines is 1. The summed E-state index contributed by atoms with van der Waals surface area (Å²) < 4.78 is 1.44. The Morgan fingerprint density at radius 1 is 1.12 bits per heavy atom. The Kier molecular flexibility index (Phi) is 4.44. The van der Waals surface area contributed by atoms with Crippen LogP contribution in [0.5, 0.6) is 0 Å². The monoisotopic (exact) mass is 363 g/mol. The molecule has 8 nitrogen and oxygen atoms in total. The van der Waals surface area contributed by atoms with E-state index in [1.54, 1.807) is 18.3 Å². The number of rotatable bonds is 5. The first-order valence-electron chi connectivity index (χ1n) is 7.77. The Bertz CT molecular complexity index is 1010. The molecule has 0 saturated heterocycles. The van der Waals surface area contributed by atoms with Crippen LogP contribution < -0.4 is 5.32 Å². The van der Waals surface area contributed by atoms with Crippen LogP contribution in [0.2, 0.25) is 0 Å². The topological polar surface area (TPSA) is 98.5 Å². The van der Waals surface area contributed by atoms with E-state index in [2.05, 4.69) is 30.6 Å². The standard InChI is InChI=1S/C17H13N7OS/c25-16(13-7-4-8-19-15(13)24-11-18-10-20-24)21-17-23-22-14(26-17)9-12-5-2-1-3-6-12/h1-8,10-11H,9H2,(H,21,23,25). The summed E-state index contributed by atoms with van der Waals surface area (Å²) in [6, 6.07) is 13.3. The maximum Gasteiger partial charge on any atom is 0.261 e. The average molecular weight is 363 g/mol. The number of carbonyl (C=O) groups excluding carboxylic acids is 1. The largest absolute Gasteiger partial charge is 0.296 e. The van der Waals surface area contributed by atoms with Crippen LogP contribution in [-0.4, -0.2) is 35.9 Å². The molecule has 0 aliphatic rings. The summed E-state index contributed by atoms with van der Waals surface area (Å²) >= 11 is 1.34. The molecule has 0 saturated carbocycles. The third-order valence-electron chi connectivity index (χ3n) is 3.55. The molecular formula is C17H13N7OS. The Hall–Kier alpha value is -3.46. The molecule has 0 atom stereocenters. The van der Waals surface area contributed by atoms with Gasteiger partial charge in [-0.25, -0.2) is 14.6 Å². The van der Waals surface area contributed by atoms with Crippen molar-refractivity contribution in [3.8, 4) is 5.82 Å². The Morgan fingerprint density at radius 2 is 2.00 bits per heavy atom. The fourth-order valence-electron chi connectivity index (χ4n) is 2.38.